The van der Waals surface area contributed by atoms with E-state index in [9.17, 15) is 0 Å². The third-order valence-corrected chi connectivity index (χ3v) is 4.43. The van der Waals surface area contributed by atoms with Crippen LogP contribution in [0.4, 0.5) is 0 Å². The lowest BCUT2D eigenvalue weighted by molar-refractivity contribution is 0.333. The van der Waals surface area contributed by atoms with Gasteiger partial charge in [0.2, 0.25) is 0 Å². The molecule has 94 valence electrons. The summed E-state index contributed by atoms with van der Waals surface area (Å²) in [6.07, 6.45) is 19.0. The second-order valence-electron chi connectivity index (χ2n) is 5.90. The van der Waals surface area contributed by atoms with Gasteiger partial charge in [0.15, 0.2) is 0 Å². The molecule has 0 amide bonds. The van der Waals surface area contributed by atoms with Crippen LogP contribution in [0, 0.1) is 0 Å². The molecule has 0 bridgehead atoms. The van der Waals surface area contributed by atoms with Crippen LogP contribution in [0.25, 0.3) is 0 Å². The monoisotopic (exact) mass is 223 g/mol. The van der Waals surface area contributed by atoms with Gasteiger partial charge in [-0.05, 0) is 25.7 Å². The maximum absolute atomic E-state index is 3.97. The van der Waals surface area contributed by atoms with Crippen LogP contribution in [0.15, 0.2) is 0 Å². The Balaban J connectivity index is 1.72. The average molecular weight is 223 g/mol. The van der Waals surface area contributed by atoms with Crippen molar-refractivity contribution < 1.29 is 0 Å². The molecule has 0 aromatic rings. The lowest BCUT2D eigenvalue weighted by Gasteiger charge is -2.26. The Bertz CT molecular complexity index is 162. The maximum atomic E-state index is 3.97. The third-order valence-electron chi connectivity index (χ3n) is 4.43. The van der Waals surface area contributed by atoms with Gasteiger partial charge in [-0.25, -0.2) is 0 Å². The predicted molar refractivity (Wildman–Crippen MR) is 70.7 cm³/mol. The maximum Gasteiger partial charge on any atom is 0.00696 e. The summed E-state index contributed by atoms with van der Waals surface area (Å²) in [5.74, 6) is 0. The molecule has 0 aromatic carbocycles. The first kappa shape index (κ1) is 12.4. The van der Waals surface area contributed by atoms with Crippen LogP contribution >= 0.6 is 0 Å². The van der Waals surface area contributed by atoms with E-state index in [4.69, 9.17) is 0 Å². The van der Waals surface area contributed by atoms with E-state index in [2.05, 4.69) is 5.32 Å². The van der Waals surface area contributed by atoms with Gasteiger partial charge in [0.05, 0.1) is 0 Å². The number of hydrogen-bond acceptors (Lipinski definition) is 1. The van der Waals surface area contributed by atoms with E-state index in [1.807, 2.05) is 0 Å². The van der Waals surface area contributed by atoms with Crippen molar-refractivity contribution in [2.45, 2.75) is 95.6 Å². The minimum atomic E-state index is 0.850. The number of rotatable bonds is 2. The SMILES string of the molecule is C1CCCC(NC2CCCCCC2)CCC1. The van der Waals surface area contributed by atoms with E-state index in [-0.39, 0.29) is 0 Å². The lowest BCUT2D eigenvalue weighted by atomic mass is 9.95. The molecule has 0 saturated heterocycles. The van der Waals surface area contributed by atoms with Crippen molar-refractivity contribution in [3.63, 3.8) is 0 Å². The smallest absolute Gasteiger partial charge is 0.00696 e. The summed E-state index contributed by atoms with van der Waals surface area (Å²) in [5.41, 5.74) is 0. The molecule has 0 heterocycles. The molecule has 0 unspecified atom stereocenters. The first-order valence-electron chi connectivity index (χ1n) is 7.71. The highest BCUT2D eigenvalue weighted by atomic mass is 14.9. The molecule has 2 rings (SSSR count). The van der Waals surface area contributed by atoms with Gasteiger partial charge in [0, 0.05) is 12.1 Å². The molecule has 0 spiro atoms. The molecule has 0 radical (unpaired) electrons. The van der Waals surface area contributed by atoms with Crippen LogP contribution < -0.4 is 5.32 Å². The largest absolute Gasteiger partial charge is 0.311 e. The molecular weight excluding hydrogens is 194 g/mol. The van der Waals surface area contributed by atoms with Crippen LogP contribution in [0.2, 0.25) is 0 Å². The van der Waals surface area contributed by atoms with E-state index >= 15 is 0 Å². The first-order valence-corrected chi connectivity index (χ1v) is 7.71. The summed E-state index contributed by atoms with van der Waals surface area (Å²) in [5, 5.41) is 3.97. The Morgan fingerprint density at radius 2 is 0.750 bits per heavy atom. The van der Waals surface area contributed by atoms with Gasteiger partial charge in [-0.3, -0.25) is 0 Å². The van der Waals surface area contributed by atoms with E-state index in [1.54, 1.807) is 0 Å². The van der Waals surface area contributed by atoms with Crippen LogP contribution in [0.5, 0.6) is 0 Å². The summed E-state index contributed by atoms with van der Waals surface area (Å²) in [4.78, 5) is 0. The fourth-order valence-electron chi connectivity index (χ4n) is 3.40. The fourth-order valence-corrected chi connectivity index (χ4v) is 3.40. The third kappa shape index (κ3) is 4.45. The zero-order chi connectivity index (χ0) is 11.1. The summed E-state index contributed by atoms with van der Waals surface area (Å²) in [6, 6.07) is 1.70. The van der Waals surface area contributed by atoms with E-state index < -0.39 is 0 Å². The van der Waals surface area contributed by atoms with Crippen molar-refractivity contribution in [3.05, 3.63) is 0 Å². The van der Waals surface area contributed by atoms with Gasteiger partial charge in [0.1, 0.15) is 0 Å². The molecule has 16 heavy (non-hydrogen) atoms. The van der Waals surface area contributed by atoms with Crippen molar-refractivity contribution in [2.24, 2.45) is 0 Å². The topological polar surface area (TPSA) is 12.0 Å². The highest BCUT2D eigenvalue weighted by Gasteiger charge is 2.17. The van der Waals surface area contributed by atoms with Gasteiger partial charge < -0.3 is 5.32 Å². The van der Waals surface area contributed by atoms with Gasteiger partial charge in [0.25, 0.3) is 0 Å². The minimum absolute atomic E-state index is 0.850. The Hall–Kier alpha value is -0.0400. The molecule has 0 atom stereocenters. The van der Waals surface area contributed by atoms with Crippen molar-refractivity contribution in [1.82, 2.24) is 5.32 Å². The average Bonchev–Trinajstić information content (AvgIpc) is 2.50. The quantitative estimate of drug-likeness (QED) is 0.684. The standard InChI is InChI=1S/C15H29N/c1-2-6-10-14(11-7-3-1)16-15-12-8-4-5-9-13-15/h14-16H,1-13H2. The zero-order valence-corrected chi connectivity index (χ0v) is 10.8. The second kappa shape index (κ2) is 7.32. The molecular formula is C15H29N. The molecule has 2 aliphatic rings. The van der Waals surface area contributed by atoms with Crippen molar-refractivity contribution in [2.75, 3.05) is 0 Å². The van der Waals surface area contributed by atoms with Gasteiger partial charge in [-0.15, -0.1) is 0 Å². The van der Waals surface area contributed by atoms with Crippen molar-refractivity contribution in [3.8, 4) is 0 Å². The van der Waals surface area contributed by atoms with Crippen molar-refractivity contribution >= 4 is 0 Å². The molecule has 2 aliphatic carbocycles. The molecule has 0 aromatic heterocycles. The van der Waals surface area contributed by atoms with Crippen LogP contribution in [-0.2, 0) is 0 Å². The normalized spacial score (nSPS) is 27.0. The summed E-state index contributed by atoms with van der Waals surface area (Å²) in [6.45, 7) is 0. The first-order chi connectivity index (χ1) is 7.95. The van der Waals surface area contributed by atoms with Crippen LogP contribution in [-0.4, -0.2) is 12.1 Å². The fraction of sp³-hybridized carbons (Fsp3) is 1.00. The Morgan fingerprint density at radius 1 is 0.438 bits per heavy atom. The Kier molecular flexibility index (Phi) is 5.68. The summed E-state index contributed by atoms with van der Waals surface area (Å²) >= 11 is 0. The lowest BCUT2D eigenvalue weighted by Crippen LogP contribution is -2.38. The van der Waals surface area contributed by atoms with Crippen molar-refractivity contribution in [1.29, 1.82) is 0 Å². The van der Waals surface area contributed by atoms with Crippen LogP contribution in [0.1, 0.15) is 83.5 Å². The molecule has 1 nitrogen and oxygen atoms in total. The molecule has 2 fully saturated rings. The van der Waals surface area contributed by atoms with Crippen LogP contribution in [0.3, 0.4) is 0 Å². The second-order valence-corrected chi connectivity index (χ2v) is 5.90. The highest BCUT2D eigenvalue weighted by Crippen LogP contribution is 2.21. The summed E-state index contributed by atoms with van der Waals surface area (Å²) in [7, 11) is 0. The molecule has 2 saturated carbocycles. The van der Waals surface area contributed by atoms with Gasteiger partial charge in [-0.2, -0.15) is 0 Å². The van der Waals surface area contributed by atoms with E-state index in [1.165, 1.54) is 83.5 Å². The number of nitrogens with one attached hydrogen (secondary N) is 1. The summed E-state index contributed by atoms with van der Waals surface area (Å²) < 4.78 is 0. The molecule has 1 heteroatoms. The molecule has 1 N–H and O–H groups in total. The Labute approximate surface area is 101 Å². The van der Waals surface area contributed by atoms with E-state index in [0.29, 0.717) is 0 Å². The van der Waals surface area contributed by atoms with Gasteiger partial charge in [-0.1, -0.05) is 57.8 Å². The zero-order valence-electron chi connectivity index (χ0n) is 10.8. The number of hydrogen-bond donors (Lipinski definition) is 1. The highest BCUT2D eigenvalue weighted by molar-refractivity contribution is 4.77. The minimum Gasteiger partial charge on any atom is -0.311 e. The Morgan fingerprint density at radius 3 is 1.12 bits per heavy atom. The molecule has 0 aliphatic heterocycles. The predicted octanol–water partition coefficient (Wildman–Crippen LogP) is 4.41. The van der Waals surface area contributed by atoms with E-state index in [0.717, 1.165) is 12.1 Å². The van der Waals surface area contributed by atoms with Gasteiger partial charge >= 0.3 is 0 Å².